The van der Waals surface area contributed by atoms with Crippen LogP contribution in [0.4, 0.5) is 11.6 Å². The van der Waals surface area contributed by atoms with Crippen LogP contribution >= 0.6 is 0 Å². The summed E-state index contributed by atoms with van der Waals surface area (Å²) in [6.45, 7) is 5.70. The van der Waals surface area contributed by atoms with E-state index in [9.17, 15) is 0 Å². The summed E-state index contributed by atoms with van der Waals surface area (Å²) in [4.78, 5) is 8.30. The van der Waals surface area contributed by atoms with E-state index in [4.69, 9.17) is 5.73 Å². The fourth-order valence-electron chi connectivity index (χ4n) is 1.95. The van der Waals surface area contributed by atoms with E-state index >= 15 is 0 Å². The zero-order valence-electron chi connectivity index (χ0n) is 11.4. The van der Waals surface area contributed by atoms with E-state index in [1.807, 2.05) is 24.0 Å². The lowest BCUT2D eigenvalue weighted by Gasteiger charge is -2.11. The van der Waals surface area contributed by atoms with E-state index < -0.39 is 0 Å². The molecule has 0 amide bonds. The Labute approximate surface area is 113 Å². The second kappa shape index (κ2) is 6.17. The van der Waals surface area contributed by atoms with Gasteiger partial charge >= 0.3 is 0 Å². The van der Waals surface area contributed by atoms with E-state index in [2.05, 4.69) is 27.3 Å². The average molecular weight is 260 g/mol. The van der Waals surface area contributed by atoms with Crippen LogP contribution in [0.3, 0.4) is 0 Å². The van der Waals surface area contributed by atoms with Gasteiger partial charge in [-0.1, -0.05) is 13.3 Å². The van der Waals surface area contributed by atoms with Gasteiger partial charge in [-0.3, -0.25) is 4.68 Å². The van der Waals surface area contributed by atoms with Crippen LogP contribution < -0.4 is 11.1 Å². The van der Waals surface area contributed by atoms with Crippen molar-refractivity contribution in [2.24, 2.45) is 0 Å². The zero-order valence-corrected chi connectivity index (χ0v) is 11.4. The van der Waals surface area contributed by atoms with Gasteiger partial charge < -0.3 is 11.1 Å². The number of nitrogens with zero attached hydrogens (tertiary/aromatic N) is 4. The molecule has 2 heterocycles. The monoisotopic (exact) mass is 260 g/mol. The maximum Gasteiger partial charge on any atom is 0.134 e. The third-order valence-corrected chi connectivity index (χ3v) is 2.87. The van der Waals surface area contributed by atoms with Crippen LogP contribution in [0.5, 0.6) is 0 Å². The maximum absolute atomic E-state index is 5.88. The van der Waals surface area contributed by atoms with Gasteiger partial charge in [0, 0.05) is 18.3 Å². The van der Waals surface area contributed by atoms with Crippen molar-refractivity contribution in [1.82, 2.24) is 19.7 Å². The highest BCUT2D eigenvalue weighted by Gasteiger charge is 2.07. The molecular weight excluding hydrogens is 240 g/mol. The lowest BCUT2D eigenvalue weighted by molar-refractivity contribution is 0.636. The van der Waals surface area contributed by atoms with Crippen molar-refractivity contribution in [3.63, 3.8) is 0 Å². The van der Waals surface area contributed by atoms with Gasteiger partial charge in [-0.25, -0.2) is 9.97 Å². The minimum absolute atomic E-state index is 0.564. The first kappa shape index (κ1) is 13.3. The average Bonchev–Trinajstić information content (AvgIpc) is 2.79. The molecule has 3 N–H and O–H groups in total. The summed E-state index contributed by atoms with van der Waals surface area (Å²) in [5.41, 5.74) is 8.05. The van der Waals surface area contributed by atoms with Gasteiger partial charge in [0.05, 0.1) is 12.7 Å². The fourth-order valence-corrected chi connectivity index (χ4v) is 1.95. The highest BCUT2D eigenvalue weighted by atomic mass is 15.3. The molecule has 0 spiro atoms. The lowest BCUT2D eigenvalue weighted by atomic mass is 10.1. The van der Waals surface area contributed by atoms with Crippen LogP contribution in [0.25, 0.3) is 0 Å². The first-order chi connectivity index (χ1) is 9.20. The molecule has 6 nitrogen and oxygen atoms in total. The smallest absolute Gasteiger partial charge is 0.134 e. The van der Waals surface area contributed by atoms with Gasteiger partial charge in [0.15, 0.2) is 0 Å². The minimum Gasteiger partial charge on any atom is -0.383 e. The Balaban J connectivity index is 1.97. The molecule has 0 saturated carbocycles. The van der Waals surface area contributed by atoms with Gasteiger partial charge in [0.2, 0.25) is 0 Å². The van der Waals surface area contributed by atoms with E-state index in [0.29, 0.717) is 5.82 Å². The van der Waals surface area contributed by atoms with Gasteiger partial charge in [0.25, 0.3) is 0 Å². The highest BCUT2D eigenvalue weighted by Crippen LogP contribution is 2.18. The molecule has 19 heavy (non-hydrogen) atoms. The quantitative estimate of drug-likeness (QED) is 0.825. The minimum atomic E-state index is 0.564. The Morgan fingerprint density at radius 2 is 2.21 bits per heavy atom. The van der Waals surface area contributed by atoms with Crippen molar-refractivity contribution in [2.45, 2.75) is 33.2 Å². The van der Waals surface area contributed by atoms with Crippen molar-refractivity contribution in [2.75, 3.05) is 17.6 Å². The second-order valence-corrected chi connectivity index (χ2v) is 4.54. The predicted octanol–water partition coefficient (Wildman–Crippen LogP) is 1.63. The van der Waals surface area contributed by atoms with Crippen molar-refractivity contribution < 1.29 is 0 Å². The summed E-state index contributed by atoms with van der Waals surface area (Å²) in [6, 6.07) is 0. The number of nitrogens with two attached hydrogens (primary N) is 1. The molecule has 2 aromatic rings. The molecule has 0 bridgehead atoms. The first-order valence-electron chi connectivity index (χ1n) is 6.53. The molecule has 0 unspecified atom stereocenters. The third-order valence-electron chi connectivity index (χ3n) is 2.87. The molecule has 0 aliphatic carbocycles. The number of aromatic nitrogens is 4. The zero-order chi connectivity index (χ0) is 13.7. The van der Waals surface area contributed by atoms with Crippen LogP contribution in [-0.4, -0.2) is 26.3 Å². The molecule has 0 saturated heterocycles. The fraction of sp³-hybridized carbons (Fsp3) is 0.462. The highest BCUT2D eigenvalue weighted by molar-refractivity contribution is 5.54. The topological polar surface area (TPSA) is 81.6 Å². The Morgan fingerprint density at radius 1 is 1.37 bits per heavy atom. The Kier molecular flexibility index (Phi) is 4.33. The van der Waals surface area contributed by atoms with E-state index in [1.165, 1.54) is 6.33 Å². The number of nitrogens with one attached hydrogen (secondary N) is 1. The van der Waals surface area contributed by atoms with Crippen LogP contribution in [0.2, 0.25) is 0 Å². The van der Waals surface area contributed by atoms with Gasteiger partial charge in [-0.15, -0.1) is 0 Å². The number of hydrogen-bond donors (Lipinski definition) is 2. The summed E-state index contributed by atoms with van der Waals surface area (Å²) in [6.07, 6.45) is 7.27. The molecule has 0 aliphatic rings. The summed E-state index contributed by atoms with van der Waals surface area (Å²) >= 11 is 0. The largest absolute Gasteiger partial charge is 0.383 e. The number of aryl methyl sites for hydroxylation is 1. The van der Waals surface area contributed by atoms with Crippen molar-refractivity contribution in [3.8, 4) is 0 Å². The van der Waals surface area contributed by atoms with Gasteiger partial charge in [0.1, 0.15) is 18.0 Å². The molecule has 6 heteroatoms. The molecule has 102 valence electrons. The number of rotatable bonds is 6. The maximum atomic E-state index is 5.88. The Hall–Kier alpha value is -2.11. The molecule has 2 rings (SSSR count). The van der Waals surface area contributed by atoms with Crippen molar-refractivity contribution in [3.05, 3.63) is 29.8 Å². The van der Waals surface area contributed by atoms with Crippen LogP contribution in [0, 0.1) is 6.92 Å². The SMILES string of the molecule is CCCc1c(N)ncnc1NCCn1cc(C)cn1. The summed E-state index contributed by atoms with van der Waals surface area (Å²) in [7, 11) is 0. The molecule has 0 radical (unpaired) electrons. The molecule has 0 atom stereocenters. The van der Waals surface area contributed by atoms with E-state index in [1.54, 1.807) is 0 Å². The molecule has 0 fully saturated rings. The Bertz CT molecular complexity index is 534. The summed E-state index contributed by atoms with van der Waals surface area (Å²) < 4.78 is 1.91. The van der Waals surface area contributed by atoms with E-state index in [-0.39, 0.29) is 0 Å². The standard InChI is InChI=1S/C13H20N6/c1-3-4-11-12(14)16-9-17-13(11)15-5-6-19-8-10(2)7-18-19/h7-9H,3-6H2,1-2H3,(H3,14,15,16,17). The molecule has 2 aromatic heterocycles. The normalized spacial score (nSPS) is 10.6. The lowest BCUT2D eigenvalue weighted by Crippen LogP contribution is -2.14. The number of nitrogen functional groups attached to an aromatic ring is 1. The van der Waals surface area contributed by atoms with Crippen LogP contribution in [0.15, 0.2) is 18.7 Å². The Morgan fingerprint density at radius 3 is 2.89 bits per heavy atom. The third kappa shape index (κ3) is 3.43. The van der Waals surface area contributed by atoms with Crippen LogP contribution in [0.1, 0.15) is 24.5 Å². The van der Waals surface area contributed by atoms with Crippen molar-refractivity contribution >= 4 is 11.6 Å². The summed E-state index contributed by atoms with van der Waals surface area (Å²) in [5, 5.41) is 7.55. The number of anilines is 2. The van der Waals surface area contributed by atoms with Gasteiger partial charge in [-0.2, -0.15) is 5.10 Å². The second-order valence-electron chi connectivity index (χ2n) is 4.54. The van der Waals surface area contributed by atoms with Gasteiger partial charge in [-0.05, 0) is 18.9 Å². The number of hydrogen-bond acceptors (Lipinski definition) is 5. The predicted molar refractivity (Wildman–Crippen MR) is 75.9 cm³/mol. The first-order valence-corrected chi connectivity index (χ1v) is 6.53. The molecule has 0 aliphatic heterocycles. The van der Waals surface area contributed by atoms with Crippen molar-refractivity contribution in [1.29, 1.82) is 0 Å². The van der Waals surface area contributed by atoms with Crippen LogP contribution in [-0.2, 0) is 13.0 Å². The molecular formula is C13H20N6. The molecule has 0 aromatic carbocycles. The van der Waals surface area contributed by atoms with E-state index in [0.717, 1.165) is 42.9 Å². The summed E-state index contributed by atoms with van der Waals surface area (Å²) in [5.74, 6) is 1.40.